The molecule has 5 heteroatoms. The van der Waals surface area contributed by atoms with E-state index in [1.165, 1.54) is 0 Å². The summed E-state index contributed by atoms with van der Waals surface area (Å²) in [5.74, 6) is 1.14. The van der Waals surface area contributed by atoms with Crippen molar-refractivity contribution in [2.75, 3.05) is 5.73 Å². The van der Waals surface area contributed by atoms with E-state index in [0.717, 1.165) is 15.2 Å². The summed E-state index contributed by atoms with van der Waals surface area (Å²) in [6, 6.07) is 12.7. The Hall–Kier alpha value is -2.58. The van der Waals surface area contributed by atoms with Crippen LogP contribution in [0.4, 0.5) is 5.69 Å². The maximum absolute atomic E-state index is 8.89. The molecule has 0 saturated heterocycles. The molecule has 98 valence electrons. The Bertz CT molecular complexity index is 833. The molecule has 0 unspecified atom stereocenters. The van der Waals surface area contributed by atoms with E-state index >= 15 is 0 Å². The molecule has 0 bridgehead atoms. The Morgan fingerprint density at radius 2 is 2.15 bits per heavy atom. The average molecular weight is 281 g/mol. The zero-order chi connectivity index (χ0) is 14.1. The van der Waals surface area contributed by atoms with Crippen molar-refractivity contribution in [3.8, 4) is 17.6 Å². The van der Waals surface area contributed by atoms with E-state index in [9.17, 15) is 0 Å². The summed E-state index contributed by atoms with van der Waals surface area (Å²) >= 11 is 1.60. The van der Waals surface area contributed by atoms with Gasteiger partial charge in [0, 0.05) is 6.07 Å². The standard InChI is InChI=1S/C15H11N3OS/c1-9-18-13-7-14(12(17)6-15(13)20-9)19-11-4-2-3-10(5-11)8-16/h2-7H,17H2,1H3. The fraction of sp³-hybridized carbons (Fsp3) is 0.0667. The molecular weight excluding hydrogens is 270 g/mol. The number of rotatable bonds is 2. The van der Waals surface area contributed by atoms with Crippen LogP contribution in [0.5, 0.6) is 11.5 Å². The molecule has 0 aliphatic heterocycles. The predicted molar refractivity (Wildman–Crippen MR) is 80.0 cm³/mol. The maximum Gasteiger partial charge on any atom is 0.152 e. The Kier molecular flexibility index (Phi) is 3.01. The van der Waals surface area contributed by atoms with E-state index in [1.807, 2.05) is 19.1 Å². The van der Waals surface area contributed by atoms with Crippen LogP contribution in [0.25, 0.3) is 10.2 Å². The minimum absolute atomic E-state index is 0.548. The lowest BCUT2D eigenvalue weighted by Crippen LogP contribution is -1.92. The van der Waals surface area contributed by atoms with Gasteiger partial charge in [0.05, 0.1) is 32.5 Å². The molecule has 0 atom stereocenters. The SMILES string of the molecule is Cc1nc2cc(Oc3cccc(C#N)c3)c(N)cc2s1. The third-order valence-corrected chi connectivity index (χ3v) is 3.75. The van der Waals surface area contributed by atoms with Gasteiger partial charge in [-0.05, 0) is 31.2 Å². The summed E-state index contributed by atoms with van der Waals surface area (Å²) in [7, 11) is 0. The van der Waals surface area contributed by atoms with Crippen LogP contribution < -0.4 is 10.5 Å². The third-order valence-electron chi connectivity index (χ3n) is 2.82. The van der Waals surface area contributed by atoms with E-state index in [2.05, 4.69) is 11.1 Å². The normalized spacial score (nSPS) is 10.4. The first-order valence-corrected chi connectivity index (χ1v) is 6.82. The number of ether oxygens (including phenoxy) is 1. The fourth-order valence-corrected chi connectivity index (χ4v) is 2.79. The second kappa shape index (κ2) is 4.83. The highest BCUT2D eigenvalue weighted by Gasteiger charge is 2.08. The van der Waals surface area contributed by atoms with Gasteiger partial charge in [-0.25, -0.2) is 4.98 Å². The number of nitrogen functional groups attached to an aromatic ring is 1. The van der Waals surface area contributed by atoms with Crippen molar-refractivity contribution in [3.63, 3.8) is 0 Å². The number of benzene rings is 2. The van der Waals surface area contributed by atoms with E-state index in [4.69, 9.17) is 15.7 Å². The van der Waals surface area contributed by atoms with Crippen molar-refractivity contribution in [1.29, 1.82) is 5.26 Å². The molecular formula is C15H11N3OS. The number of nitriles is 1. The van der Waals surface area contributed by atoms with Crippen LogP contribution in [0.3, 0.4) is 0 Å². The first-order valence-electron chi connectivity index (χ1n) is 6.00. The Balaban J connectivity index is 2.01. The Labute approximate surface area is 120 Å². The molecule has 3 aromatic rings. The van der Waals surface area contributed by atoms with E-state index in [0.29, 0.717) is 22.7 Å². The number of hydrogen-bond acceptors (Lipinski definition) is 5. The van der Waals surface area contributed by atoms with Gasteiger partial charge in [0.1, 0.15) is 5.75 Å². The zero-order valence-corrected chi connectivity index (χ0v) is 11.6. The predicted octanol–water partition coefficient (Wildman–Crippen LogP) is 3.85. The molecule has 0 fully saturated rings. The minimum atomic E-state index is 0.548. The molecule has 1 aromatic heterocycles. The lowest BCUT2D eigenvalue weighted by molar-refractivity contribution is 0.485. The zero-order valence-electron chi connectivity index (χ0n) is 10.8. The fourth-order valence-electron chi connectivity index (χ4n) is 1.93. The van der Waals surface area contributed by atoms with Crippen LogP contribution in [-0.2, 0) is 0 Å². The number of aryl methyl sites for hydroxylation is 1. The summed E-state index contributed by atoms with van der Waals surface area (Å²) in [5.41, 5.74) is 7.98. The lowest BCUT2D eigenvalue weighted by Gasteiger charge is -2.08. The number of thiazole rings is 1. The van der Waals surface area contributed by atoms with Crippen LogP contribution in [0.2, 0.25) is 0 Å². The van der Waals surface area contributed by atoms with Crippen LogP contribution in [-0.4, -0.2) is 4.98 Å². The minimum Gasteiger partial charge on any atom is -0.455 e. The molecule has 0 radical (unpaired) electrons. The number of hydrogen-bond donors (Lipinski definition) is 1. The molecule has 4 nitrogen and oxygen atoms in total. The summed E-state index contributed by atoms with van der Waals surface area (Å²) in [6.45, 7) is 1.96. The number of anilines is 1. The van der Waals surface area contributed by atoms with Gasteiger partial charge in [-0.15, -0.1) is 11.3 Å². The molecule has 0 aliphatic carbocycles. The highest BCUT2D eigenvalue weighted by molar-refractivity contribution is 7.18. The van der Waals surface area contributed by atoms with Crippen LogP contribution in [0.15, 0.2) is 36.4 Å². The van der Waals surface area contributed by atoms with Crippen molar-refractivity contribution in [1.82, 2.24) is 4.98 Å². The molecule has 0 aliphatic rings. The van der Waals surface area contributed by atoms with Crippen molar-refractivity contribution in [2.24, 2.45) is 0 Å². The Morgan fingerprint density at radius 1 is 1.30 bits per heavy atom. The van der Waals surface area contributed by atoms with E-state index in [1.54, 1.807) is 35.6 Å². The molecule has 0 spiro atoms. The van der Waals surface area contributed by atoms with Crippen LogP contribution >= 0.6 is 11.3 Å². The average Bonchev–Trinajstić information content (AvgIpc) is 2.78. The summed E-state index contributed by atoms with van der Waals surface area (Å²) in [4.78, 5) is 4.42. The molecule has 2 N–H and O–H groups in total. The molecule has 20 heavy (non-hydrogen) atoms. The lowest BCUT2D eigenvalue weighted by atomic mass is 10.2. The number of fused-ring (bicyclic) bond motifs is 1. The van der Waals surface area contributed by atoms with Gasteiger partial charge in [-0.2, -0.15) is 5.26 Å². The second-order valence-electron chi connectivity index (χ2n) is 4.33. The molecule has 0 amide bonds. The monoisotopic (exact) mass is 281 g/mol. The molecule has 1 heterocycles. The van der Waals surface area contributed by atoms with Gasteiger partial charge in [0.25, 0.3) is 0 Å². The highest BCUT2D eigenvalue weighted by atomic mass is 32.1. The first-order chi connectivity index (χ1) is 9.65. The van der Waals surface area contributed by atoms with Crippen molar-refractivity contribution in [2.45, 2.75) is 6.92 Å². The quantitative estimate of drug-likeness (QED) is 0.724. The summed E-state index contributed by atoms with van der Waals surface area (Å²) in [6.07, 6.45) is 0. The van der Waals surface area contributed by atoms with Crippen molar-refractivity contribution < 1.29 is 4.74 Å². The summed E-state index contributed by atoms with van der Waals surface area (Å²) in [5, 5.41) is 9.88. The number of nitrogens with two attached hydrogens (primary N) is 1. The molecule has 2 aromatic carbocycles. The Morgan fingerprint density at radius 3 is 2.95 bits per heavy atom. The number of aromatic nitrogens is 1. The van der Waals surface area contributed by atoms with Gasteiger partial charge in [0.2, 0.25) is 0 Å². The van der Waals surface area contributed by atoms with Crippen LogP contribution in [0, 0.1) is 18.3 Å². The van der Waals surface area contributed by atoms with Gasteiger partial charge < -0.3 is 10.5 Å². The topological polar surface area (TPSA) is 71.9 Å². The van der Waals surface area contributed by atoms with Gasteiger partial charge in [0.15, 0.2) is 5.75 Å². The maximum atomic E-state index is 8.89. The molecule has 3 rings (SSSR count). The largest absolute Gasteiger partial charge is 0.455 e. The van der Waals surface area contributed by atoms with E-state index in [-0.39, 0.29) is 0 Å². The van der Waals surface area contributed by atoms with E-state index < -0.39 is 0 Å². The van der Waals surface area contributed by atoms with Crippen LogP contribution in [0.1, 0.15) is 10.6 Å². The van der Waals surface area contributed by atoms with Gasteiger partial charge in [-0.3, -0.25) is 0 Å². The number of nitrogens with zero attached hydrogens (tertiary/aromatic N) is 2. The van der Waals surface area contributed by atoms with Gasteiger partial charge in [-0.1, -0.05) is 6.07 Å². The van der Waals surface area contributed by atoms with Crippen molar-refractivity contribution >= 4 is 27.2 Å². The smallest absolute Gasteiger partial charge is 0.152 e. The second-order valence-corrected chi connectivity index (χ2v) is 5.57. The molecule has 0 saturated carbocycles. The van der Waals surface area contributed by atoms with Crippen molar-refractivity contribution in [3.05, 3.63) is 47.0 Å². The summed E-state index contributed by atoms with van der Waals surface area (Å²) < 4.78 is 6.80. The highest BCUT2D eigenvalue weighted by Crippen LogP contribution is 2.34. The van der Waals surface area contributed by atoms with Gasteiger partial charge >= 0.3 is 0 Å². The third kappa shape index (κ3) is 2.29. The first kappa shape index (κ1) is 12.5.